The van der Waals surface area contributed by atoms with E-state index in [4.69, 9.17) is 5.73 Å². The van der Waals surface area contributed by atoms with Crippen LogP contribution in [0, 0.1) is 0 Å². The largest absolute Gasteiger partial charge is 0.388 e. The van der Waals surface area contributed by atoms with Crippen molar-refractivity contribution >= 4 is 0 Å². The van der Waals surface area contributed by atoms with E-state index in [1.807, 2.05) is 0 Å². The van der Waals surface area contributed by atoms with Gasteiger partial charge >= 0.3 is 0 Å². The van der Waals surface area contributed by atoms with Gasteiger partial charge in [-0.3, -0.25) is 0 Å². The molecule has 0 unspecified atom stereocenters. The zero-order chi connectivity index (χ0) is 10.3. The summed E-state index contributed by atoms with van der Waals surface area (Å²) in [6.45, 7) is 0. The van der Waals surface area contributed by atoms with Crippen molar-refractivity contribution < 1.29 is 15.3 Å². The lowest BCUT2D eigenvalue weighted by molar-refractivity contribution is -0.0797. The number of nitrogens with two attached hydrogens (primary N) is 1. The van der Waals surface area contributed by atoms with Gasteiger partial charge in [-0.2, -0.15) is 0 Å². The third kappa shape index (κ3) is 1.24. The van der Waals surface area contributed by atoms with Crippen molar-refractivity contribution in [2.75, 3.05) is 0 Å². The summed E-state index contributed by atoms with van der Waals surface area (Å²) in [5.74, 6) is 0. The molecule has 0 fully saturated rings. The highest BCUT2D eigenvalue weighted by molar-refractivity contribution is 5.36. The fourth-order valence-electron chi connectivity index (χ4n) is 1.85. The van der Waals surface area contributed by atoms with Crippen molar-refractivity contribution in [1.82, 2.24) is 0 Å². The molecule has 4 nitrogen and oxygen atoms in total. The van der Waals surface area contributed by atoms with E-state index in [0.29, 0.717) is 11.1 Å². The van der Waals surface area contributed by atoms with Crippen LogP contribution in [0.2, 0.25) is 0 Å². The van der Waals surface area contributed by atoms with Crippen molar-refractivity contribution in [3.05, 3.63) is 35.4 Å². The summed E-state index contributed by atoms with van der Waals surface area (Å²) in [5, 5.41) is 28.7. The van der Waals surface area contributed by atoms with Gasteiger partial charge in [-0.25, -0.2) is 0 Å². The Bertz CT molecular complexity index is 309. The van der Waals surface area contributed by atoms with E-state index in [0.717, 1.165) is 0 Å². The smallest absolute Gasteiger partial charge is 0.112 e. The second-order valence-electron chi connectivity index (χ2n) is 3.58. The molecule has 1 aliphatic rings. The molecule has 0 saturated heterocycles. The lowest BCUT2D eigenvalue weighted by atomic mass is 9.82. The predicted octanol–water partition coefficient (Wildman–Crippen LogP) is -0.545. The Morgan fingerprint density at radius 3 is 2.14 bits per heavy atom. The summed E-state index contributed by atoms with van der Waals surface area (Å²) in [4.78, 5) is 0. The van der Waals surface area contributed by atoms with Gasteiger partial charge in [0.05, 0.1) is 6.04 Å². The third-order valence-electron chi connectivity index (χ3n) is 2.72. The van der Waals surface area contributed by atoms with Gasteiger partial charge in [0.2, 0.25) is 0 Å². The van der Waals surface area contributed by atoms with E-state index >= 15 is 0 Å². The molecule has 0 spiro atoms. The first-order valence-corrected chi connectivity index (χ1v) is 4.51. The van der Waals surface area contributed by atoms with Gasteiger partial charge in [0, 0.05) is 0 Å². The van der Waals surface area contributed by atoms with Crippen LogP contribution in [0.25, 0.3) is 0 Å². The van der Waals surface area contributed by atoms with E-state index in [9.17, 15) is 15.3 Å². The maximum absolute atomic E-state index is 9.65. The molecule has 0 aromatic heterocycles. The Hall–Kier alpha value is -0.940. The van der Waals surface area contributed by atoms with E-state index in [1.54, 1.807) is 24.3 Å². The number of aliphatic hydroxyl groups excluding tert-OH is 3. The third-order valence-corrected chi connectivity index (χ3v) is 2.72. The van der Waals surface area contributed by atoms with Gasteiger partial charge in [0.25, 0.3) is 0 Å². The summed E-state index contributed by atoms with van der Waals surface area (Å²) >= 11 is 0. The van der Waals surface area contributed by atoms with E-state index in [2.05, 4.69) is 0 Å². The van der Waals surface area contributed by atoms with Crippen LogP contribution in [0.5, 0.6) is 0 Å². The molecule has 0 bridgehead atoms. The van der Waals surface area contributed by atoms with E-state index in [1.165, 1.54) is 0 Å². The fraction of sp³-hybridized carbons (Fsp3) is 0.400. The van der Waals surface area contributed by atoms with Gasteiger partial charge in [-0.05, 0) is 11.1 Å². The lowest BCUT2D eigenvalue weighted by Crippen LogP contribution is -2.44. The Balaban J connectivity index is 2.51. The number of fused-ring (bicyclic) bond motifs is 1. The zero-order valence-corrected chi connectivity index (χ0v) is 7.54. The molecule has 0 saturated carbocycles. The minimum Gasteiger partial charge on any atom is -0.388 e. The second kappa shape index (κ2) is 3.33. The van der Waals surface area contributed by atoms with Crippen molar-refractivity contribution in [1.29, 1.82) is 0 Å². The number of aliphatic hydroxyl groups is 3. The van der Waals surface area contributed by atoms with Crippen LogP contribution in [-0.4, -0.2) is 27.5 Å². The summed E-state index contributed by atoms with van der Waals surface area (Å²) < 4.78 is 0. The first-order chi connectivity index (χ1) is 6.63. The van der Waals surface area contributed by atoms with Crippen molar-refractivity contribution in [3.8, 4) is 0 Å². The first kappa shape index (κ1) is 9.61. The van der Waals surface area contributed by atoms with Gasteiger partial charge in [0.1, 0.15) is 18.3 Å². The Labute approximate surface area is 81.6 Å². The highest BCUT2D eigenvalue weighted by Gasteiger charge is 2.38. The zero-order valence-electron chi connectivity index (χ0n) is 7.54. The van der Waals surface area contributed by atoms with Crippen LogP contribution in [0.3, 0.4) is 0 Å². The molecule has 0 aliphatic heterocycles. The highest BCUT2D eigenvalue weighted by atomic mass is 16.4. The molecule has 2 rings (SSSR count). The van der Waals surface area contributed by atoms with Gasteiger partial charge in [-0.15, -0.1) is 0 Å². The summed E-state index contributed by atoms with van der Waals surface area (Å²) in [6.07, 6.45) is -3.37. The molecule has 4 atom stereocenters. The Morgan fingerprint density at radius 2 is 1.50 bits per heavy atom. The Kier molecular flexibility index (Phi) is 2.28. The quantitative estimate of drug-likeness (QED) is 0.447. The molecule has 5 N–H and O–H groups in total. The molecule has 14 heavy (non-hydrogen) atoms. The topological polar surface area (TPSA) is 86.7 Å². The van der Waals surface area contributed by atoms with Crippen LogP contribution < -0.4 is 5.73 Å². The van der Waals surface area contributed by atoms with Crippen LogP contribution >= 0.6 is 0 Å². The number of rotatable bonds is 0. The van der Waals surface area contributed by atoms with Gasteiger partial charge < -0.3 is 21.1 Å². The summed E-state index contributed by atoms with van der Waals surface area (Å²) in [6, 6.07) is 6.37. The molecule has 1 aliphatic carbocycles. The first-order valence-electron chi connectivity index (χ1n) is 4.51. The number of hydrogen-bond donors (Lipinski definition) is 4. The molecule has 1 aromatic carbocycles. The Morgan fingerprint density at radius 1 is 0.929 bits per heavy atom. The van der Waals surface area contributed by atoms with E-state index < -0.39 is 24.4 Å². The van der Waals surface area contributed by atoms with Crippen LogP contribution in [0.1, 0.15) is 23.3 Å². The van der Waals surface area contributed by atoms with Crippen LogP contribution in [0.15, 0.2) is 24.3 Å². The second-order valence-corrected chi connectivity index (χ2v) is 3.58. The maximum Gasteiger partial charge on any atom is 0.112 e. The minimum absolute atomic E-state index is 0.595. The molecule has 76 valence electrons. The van der Waals surface area contributed by atoms with Crippen molar-refractivity contribution in [2.24, 2.45) is 5.73 Å². The minimum atomic E-state index is -1.21. The molecular weight excluding hydrogens is 182 g/mol. The van der Waals surface area contributed by atoms with Gasteiger partial charge in [0.15, 0.2) is 0 Å². The molecule has 4 heteroatoms. The van der Waals surface area contributed by atoms with Crippen molar-refractivity contribution in [3.63, 3.8) is 0 Å². The predicted molar refractivity (Wildman–Crippen MR) is 50.3 cm³/mol. The standard InChI is InChI=1S/C10H13NO3/c11-7-5-3-1-2-4-6(5)8(12)10(14)9(7)13/h1-4,7-10,12-14H,11H2/t7-,8+,9+,10-/m1/s1. The van der Waals surface area contributed by atoms with E-state index in [-0.39, 0.29) is 0 Å². The maximum atomic E-state index is 9.65. The van der Waals surface area contributed by atoms with Crippen LogP contribution in [0.4, 0.5) is 0 Å². The molecular formula is C10H13NO3. The van der Waals surface area contributed by atoms with Gasteiger partial charge in [-0.1, -0.05) is 24.3 Å². The highest BCUT2D eigenvalue weighted by Crippen LogP contribution is 2.34. The molecule has 0 heterocycles. The summed E-state index contributed by atoms with van der Waals surface area (Å²) in [5.41, 5.74) is 7.01. The molecule has 1 aromatic rings. The number of hydrogen-bond acceptors (Lipinski definition) is 4. The monoisotopic (exact) mass is 195 g/mol. The van der Waals surface area contributed by atoms with Crippen LogP contribution in [-0.2, 0) is 0 Å². The SMILES string of the molecule is N[C@@H]1c2ccccc2[C@H](O)[C@@H](O)[C@H]1O. The average molecular weight is 195 g/mol. The molecule has 0 radical (unpaired) electrons. The summed E-state index contributed by atoms with van der Waals surface area (Å²) in [7, 11) is 0. The lowest BCUT2D eigenvalue weighted by Gasteiger charge is -2.35. The number of benzene rings is 1. The normalized spacial score (nSPS) is 36.6. The molecule has 0 amide bonds. The average Bonchev–Trinajstić information content (AvgIpc) is 2.23. The van der Waals surface area contributed by atoms with Crippen molar-refractivity contribution in [2.45, 2.75) is 24.4 Å². The fourth-order valence-corrected chi connectivity index (χ4v) is 1.85.